The predicted octanol–water partition coefficient (Wildman–Crippen LogP) is 3.12. The van der Waals surface area contributed by atoms with Crippen molar-refractivity contribution < 1.29 is 31.8 Å². The molecule has 0 saturated heterocycles. The smallest absolute Gasteiger partial charge is 0.298 e. The van der Waals surface area contributed by atoms with E-state index in [4.69, 9.17) is 0 Å². The molecule has 3 rings (SSSR count). The molecule has 0 heterocycles. The van der Waals surface area contributed by atoms with Crippen molar-refractivity contribution >= 4 is 28.1 Å². The Morgan fingerprint density at radius 2 is 1.65 bits per heavy atom. The van der Waals surface area contributed by atoms with Gasteiger partial charge in [-0.2, -0.15) is 13.2 Å². The van der Waals surface area contributed by atoms with E-state index in [2.05, 4.69) is 0 Å². The van der Waals surface area contributed by atoms with Crippen LogP contribution in [0.15, 0.2) is 17.0 Å². The fourth-order valence-electron chi connectivity index (χ4n) is 4.08. The highest BCUT2D eigenvalue weighted by molar-refractivity contribution is 7.84. The van der Waals surface area contributed by atoms with E-state index >= 15 is 0 Å². The van der Waals surface area contributed by atoms with Gasteiger partial charge in [-0.25, -0.2) is 0 Å². The third-order valence-electron chi connectivity index (χ3n) is 5.33. The molecule has 0 amide bonds. The molecule has 2 fully saturated rings. The summed E-state index contributed by atoms with van der Waals surface area (Å²) >= 11 is 0. The van der Waals surface area contributed by atoms with Crippen LogP contribution in [0, 0.1) is 24.7 Å². The normalized spacial score (nSPS) is 26.9. The van der Waals surface area contributed by atoms with Gasteiger partial charge >= 0.3 is 6.18 Å². The van der Waals surface area contributed by atoms with E-state index in [1.165, 1.54) is 6.92 Å². The summed E-state index contributed by atoms with van der Waals surface area (Å²) in [5, 5.41) is 0. The average molecular weight is 386 g/mol. The van der Waals surface area contributed by atoms with Crippen LogP contribution in [0.5, 0.6) is 0 Å². The van der Waals surface area contributed by atoms with E-state index in [9.17, 15) is 31.8 Å². The summed E-state index contributed by atoms with van der Waals surface area (Å²) in [6, 6.07) is 1.68. The van der Waals surface area contributed by atoms with Gasteiger partial charge in [0.1, 0.15) is 5.92 Å². The maximum atomic E-state index is 13.2. The lowest BCUT2D eigenvalue weighted by Gasteiger charge is -2.25. The van der Waals surface area contributed by atoms with Gasteiger partial charge < -0.3 is 0 Å². The van der Waals surface area contributed by atoms with E-state index in [1.54, 1.807) is 0 Å². The van der Waals surface area contributed by atoms with Crippen molar-refractivity contribution in [2.75, 3.05) is 6.26 Å². The number of alkyl halides is 3. The van der Waals surface area contributed by atoms with Gasteiger partial charge in [0.25, 0.3) is 0 Å². The number of carbonyl (C=O) groups is 3. The van der Waals surface area contributed by atoms with Crippen LogP contribution in [-0.4, -0.2) is 27.8 Å². The second kappa shape index (κ2) is 6.40. The van der Waals surface area contributed by atoms with Crippen LogP contribution < -0.4 is 0 Å². The minimum atomic E-state index is -4.72. The van der Waals surface area contributed by atoms with Crippen LogP contribution in [0.4, 0.5) is 13.2 Å². The molecule has 1 aromatic carbocycles. The number of carbonyl (C=O) groups excluding carboxylic acids is 3. The summed E-state index contributed by atoms with van der Waals surface area (Å²) in [6.45, 7) is 1.27. The zero-order chi connectivity index (χ0) is 19.4. The summed E-state index contributed by atoms with van der Waals surface area (Å²) in [6.07, 6.45) is -2.03. The zero-order valence-corrected chi connectivity index (χ0v) is 15.0. The van der Waals surface area contributed by atoms with Crippen molar-refractivity contribution in [3.63, 3.8) is 0 Å². The predicted molar refractivity (Wildman–Crippen MR) is 87.2 cm³/mol. The molecule has 26 heavy (non-hydrogen) atoms. The molecule has 2 aliphatic rings. The first-order chi connectivity index (χ1) is 12.0. The first-order valence-corrected chi connectivity index (χ1v) is 9.75. The van der Waals surface area contributed by atoms with Gasteiger partial charge in [0.05, 0.1) is 21.3 Å². The second-order valence-corrected chi connectivity index (χ2v) is 8.19. The maximum Gasteiger partial charge on any atom is 0.417 e. The van der Waals surface area contributed by atoms with Gasteiger partial charge in [0.2, 0.25) is 0 Å². The number of fused-ring (bicyclic) bond motifs is 2. The first-order valence-electron chi connectivity index (χ1n) is 8.20. The van der Waals surface area contributed by atoms with Crippen molar-refractivity contribution in [2.45, 2.75) is 37.3 Å². The molecular weight excluding hydrogens is 369 g/mol. The van der Waals surface area contributed by atoms with Crippen LogP contribution in [0.3, 0.4) is 0 Å². The van der Waals surface area contributed by atoms with Crippen molar-refractivity contribution in [1.82, 2.24) is 0 Å². The molecule has 8 heteroatoms. The number of hydrogen-bond donors (Lipinski definition) is 0. The van der Waals surface area contributed by atoms with Crippen LogP contribution in [0.25, 0.3) is 0 Å². The molecule has 2 bridgehead atoms. The van der Waals surface area contributed by atoms with Crippen LogP contribution in [0.1, 0.15) is 40.7 Å². The molecule has 3 atom stereocenters. The lowest BCUT2D eigenvalue weighted by molar-refractivity contribution is -0.140. The minimum Gasteiger partial charge on any atom is -0.298 e. The standard InChI is InChI=1S/C18H17F3O4S/c1-8-11(5-6-12(18(19,20)21)17(8)26(2)25)16(24)13-14(22)9-3-4-10(7-9)15(13)23/h5-6,9-10,13H,3-4,7H2,1-2H3. The van der Waals surface area contributed by atoms with Gasteiger partial charge in [-0.05, 0) is 37.8 Å². The molecule has 2 saturated carbocycles. The lowest BCUT2D eigenvalue weighted by Crippen LogP contribution is -2.41. The van der Waals surface area contributed by atoms with E-state index in [-0.39, 0.29) is 23.0 Å². The Kier molecular flexibility index (Phi) is 4.67. The Hall–Kier alpha value is -1.83. The SMILES string of the molecule is Cc1c(C(=O)C2C(=O)C3CCC(C3)C2=O)ccc(C(F)(F)F)c1S(C)=O. The average Bonchev–Trinajstić information content (AvgIpc) is 2.98. The molecule has 0 aliphatic heterocycles. The highest BCUT2D eigenvalue weighted by Crippen LogP contribution is 2.42. The van der Waals surface area contributed by atoms with E-state index in [0.717, 1.165) is 12.3 Å². The molecule has 3 unspecified atom stereocenters. The highest BCUT2D eigenvalue weighted by Gasteiger charge is 2.50. The monoisotopic (exact) mass is 386 g/mol. The summed E-state index contributed by atoms with van der Waals surface area (Å²) < 4.78 is 51.4. The summed E-state index contributed by atoms with van der Waals surface area (Å²) in [5.41, 5.74) is -1.31. The molecule has 1 aromatic rings. The Bertz CT molecular complexity index is 822. The zero-order valence-electron chi connectivity index (χ0n) is 14.2. The van der Waals surface area contributed by atoms with Crippen LogP contribution >= 0.6 is 0 Å². The van der Waals surface area contributed by atoms with Gasteiger partial charge in [-0.1, -0.05) is 6.07 Å². The second-order valence-electron chi connectivity index (χ2n) is 6.88. The molecule has 0 N–H and O–H groups in total. The Morgan fingerprint density at radius 1 is 1.12 bits per heavy atom. The molecule has 4 nitrogen and oxygen atoms in total. The Balaban J connectivity index is 2.08. The van der Waals surface area contributed by atoms with Gasteiger partial charge in [-0.3, -0.25) is 18.6 Å². The van der Waals surface area contributed by atoms with Crippen molar-refractivity contribution in [3.05, 3.63) is 28.8 Å². The van der Waals surface area contributed by atoms with E-state index in [1.807, 2.05) is 0 Å². The number of hydrogen-bond acceptors (Lipinski definition) is 4. The number of ketones is 3. The van der Waals surface area contributed by atoms with E-state index in [0.29, 0.717) is 25.3 Å². The first kappa shape index (κ1) is 18.9. The summed E-state index contributed by atoms with van der Waals surface area (Å²) in [7, 11) is -1.99. The molecule has 140 valence electrons. The van der Waals surface area contributed by atoms with Crippen molar-refractivity contribution in [1.29, 1.82) is 0 Å². The number of rotatable bonds is 3. The number of halogens is 3. The topological polar surface area (TPSA) is 68.3 Å². The molecular formula is C18H17F3O4S. The minimum absolute atomic E-state index is 0.0934. The van der Waals surface area contributed by atoms with Crippen LogP contribution in [0.2, 0.25) is 0 Å². The van der Waals surface area contributed by atoms with E-state index < -0.39 is 50.7 Å². The molecule has 0 aromatic heterocycles. The molecule has 0 spiro atoms. The quantitative estimate of drug-likeness (QED) is 0.591. The van der Waals surface area contributed by atoms with Crippen molar-refractivity contribution in [3.8, 4) is 0 Å². The van der Waals surface area contributed by atoms with Crippen LogP contribution in [-0.2, 0) is 26.6 Å². The maximum absolute atomic E-state index is 13.2. The third kappa shape index (κ3) is 2.94. The fraction of sp³-hybridized carbons (Fsp3) is 0.500. The van der Waals surface area contributed by atoms with Crippen molar-refractivity contribution in [2.24, 2.45) is 17.8 Å². The highest BCUT2D eigenvalue weighted by atomic mass is 32.2. The van der Waals surface area contributed by atoms with Gasteiger partial charge in [0.15, 0.2) is 17.3 Å². The summed E-state index contributed by atoms with van der Waals surface area (Å²) in [5.74, 6) is -3.77. The lowest BCUT2D eigenvalue weighted by atomic mass is 9.75. The number of benzene rings is 1. The summed E-state index contributed by atoms with van der Waals surface area (Å²) in [4.78, 5) is 37.4. The fourth-order valence-corrected chi connectivity index (χ4v) is 5.11. The van der Waals surface area contributed by atoms with Gasteiger partial charge in [0, 0.05) is 23.7 Å². The van der Waals surface area contributed by atoms with Gasteiger partial charge in [-0.15, -0.1) is 0 Å². The number of Topliss-reactive ketones (excluding diaryl/α,β-unsaturated/α-hetero) is 3. The third-order valence-corrected chi connectivity index (χ3v) is 6.43. The Labute approximate surface area is 150 Å². The largest absolute Gasteiger partial charge is 0.417 e. The Morgan fingerprint density at radius 3 is 2.12 bits per heavy atom. The molecule has 0 radical (unpaired) electrons. The molecule has 2 aliphatic carbocycles.